The number of hydrogen-bond donors (Lipinski definition) is 1. The number of nitro benzene ring substituents is 1. The molecule has 0 saturated heterocycles. The van der Waals surface area contributed by atoms with E-state index < -0.39 is 4.92 Å². The molecule has 0 spiro atoms. The van der Waals surface area contributed by atoms with Gasteiger partial charge in [-0.05, 0) is 45.8 Å². The molecule has 0 saturated carbocycles. The van der Waals surface area contributed by atoms with Gasteiger partial charge in [0.25, 0.3) is 5.69 Å². The third-order valence-corrected chi connectivity index (χ3v) is 4.24. The lowest BCUT2D eigenvalue weighted by molar-refractivity contribution is -0.384. The second-order valence-electron chi connectivity index (χ2n) is 4.02. The highest BCUT2D eigenvalue weighted by molar-refractivity contribution is 9.10. The summed E-state index contributed by atoms with van der Waals surface area (Å²) in [5.41, 5.74) is 1.47. The molecule has 0 heterocycles. The molecule has 0 unspecified atom stereocenters. The van der Waals surface area contributed by atoms with E-state index in [1.807, 2.05) is 12.1 Å². The summed E-state index contributed by atoms with van der Waals surface area (Å²) in [4.78, 5) is 10.3. The summed E-state index contributed by atoms with van der Waals surface area (Å²) in [6, 6.07) is 9.78. The SMILES string of the molecule is O=[N+]([O-])c1ccc(Cl)c(CNc2ccc(Br)c(Cl)c2)c1. The van der Waals surface area contributed by atoms with Gasteiger partial charge < -0.3 is 5.32 Å². The molecule has 104 valence electrons. The van der Waals surface area contributed by atoms with Crippen molar-refractivity contribution in [1.82, 2.24) is 0 Å². The van der Waals surface area contributed by atoms with Gasteiger partial charge in [0.05, 0.1) is 9.95 Å². The van der Waals surface area contributed by atoms with E-state index >= 15 is 0 Å². The number of hydrogen-bond acceptors (Lipinski definition) is 3. The molecule has 1 N–H and O–H groups in total. The van der Waals surface area contributed by atoms with E-state index in [4.69, 9.17) is 23.2 Å². The Morgan fingerprint density at radius 1 is 1.15 bits per heavy atom. The minimum Gasteiger partial charge on any atom is -0.381 e. The molecule has 0 radical (unpaired) electrons. The Morgan fingerprint density at radius 2 is 1.90 bits per heavy atom. The van der Waals surface area contributed by atoms with Crippen LogP contribution in [0.4, 0.5) is 11.4 Å². The van der Waals surface area contributed by atoms with Crippen LogP contribution in [0.3, 0.4) is 0 Å². The minimum absolute atomic E-state index is 0.0139. The van der Waals surface area contributed by atoms with Gasteiger partial charge in [-0.25, -0.2) is 0 Å². The van der Waals surface area contributed by atoms with E-state index in [0.717, 1.165) is 10.2 Å². The van der Waals surface area contributed by atoms with Crippen LogP contribution in [0, 0.1) is 10.1 Å². The zero-order valence-corrected chi connectivity index (χ0v) is 13.2. The fourth-order valence-electron chi connectivity index (χ4n) is 1.61. The molecule has 0 amide bonds. The largest absolute Gasteiger partial charge is 0.381 e. The van der Waals surface area contributed by atoms with Gasteiger partial charge >= 0.3 is 0 Å². The van der Waals surface area contributed by atoms with Crippen molar-refractivity contribution >= 4 is 50.5 Å². The van der Waals surface area contributed by atoms with E-state index in [1.54, 1.807) is 6.07 Å². The van der Waals surface area contributed by atoms with E-state index in [1.165, 1.54) is 18.2 Å². The minimum atomic E-state index is -0.448. The zero-order chi connectivity index (χ0) is 14.7. The number of non-ortho nitro benzene ring substituents is 1. The van der Waals surface area contributed by atoms with E-state index in [-0.39, 0.29) is 5.69 Å². The molecule has 0 aliphatic rings. The van der Waals surface area contributed by atoms with Gasteiger partial charge in [-0.2, -0.15) is 0 Å². The van der Waals surface area contributed by atoms with Crippen molar-refractivity contribution < 1.29 is 4.92 Å². The summed E-state index contributed by atoms with van der Waals surface area (Å²) in [6.45, 7) is 0.373. The average Bonchev–Trinajstić information content (AvgIpc) is 2.41. The summed E-state index contributed by atoms with van der Waals surface area (Å²) in [6.07, 6.45) is 0. The molecule has 0 fully saturated rings. The Hall–Kier alpha value is -1.30. The zero-order valence-electron chi connectivity index (χ0n) is 10.1. The standard InChI is InChI=1S/C13H9BrCl2N2O2/c14-11-3-1-9(6-13(11)16)17-7-8-5-10(18(19)20)2-4-12(8)15/h1-6,17H,7H2. The maximum absolute atomic E-state index is 10.7. The van der Waals surface area contributed by atoms with Gasteiger partial charge in [0.15, 0.2) is 0 Å². The Bertz CT molecular complexity index is 665. The molecule has 0 aromatic heterocycles. The van der Waals surface area contributed by atoms with Gasteiger partial charge in [-0.1, -0.05) is 23.2 Å². The molecule has 20 heavy (non-hydrogen) atoms. The Kier molecular flexibility index (Phi) is 4.86. The first-order chi connectivity index (χ1) is 9.47. The molecule has 2 rings (SSSR count). The van der Waals surface area contributed by atoms with Crippen LogP contribution in [-0.4, -0.2) is 4.92 Å². The van der Waals surface area contributed by atoms with Gasteiger partial charge in [0.1, 0.15) is 0 Å². The summed E-state index contributed by atoms with van der Waals surface area (Å²) in [7, 11) is 0. The second-order valence-corrected chi connectivity index (χ2v) is 5.68. The van der Waals surface area contributed by atoms with E-state index in [0.29, 0.717) is 22.2 Å². The maximum atomic E-state index is 10.7. The number of nitro groups is 1. The quantitative estimate of drug-likeness (QED) is 0.584. The van der Waals surface area contributed by atoms with Crippen molar-refractivity contribution in [2.45, 2.75) is 6.54 Å². The number of anilines is 1. The number of benzene rings is 2. The van der Waals surface area contributed by atoms with Gasteiger partial charge in [0, 0.05) is 33.9 Å². The van der Waals surface area contributed by atoms with Crippen molar-refractivity contribution in [2.24, 2.45) is 0 Å². The average molecular weight is 376 g/mol. The van der Waals surface area contributed by atoms with E-state index in [2.05, 4.69) is 21.2 Å². The van der Waals surface area contributed by atoms with Crippen LogP contribution in [0.1, 0.15) is 5.56 Å². The Balaban J connectivity index is 2.15. The summed E-state index contributed by atoms with van der Waals surface area (Å²) in [5.74, 6) is 0. The Labute approximate surface area is 134 Å². The summed E-state index contributed by atoms with van der Waals surface area (Å²) < 4.78 is 0.804. The van der Waals surface area contributed by atoms with Crippen molar-refractivity contribution in [1.29, 1.82) is 0 Å². The van der Waals surface area contributed by atoms with Crippen molar-refractivity contribution in [3.8, 4) is 0 Å². The molecular weight excluding hydrogens is 367 g/mol. The van der Waals surface area contributed by atoms with Gasteiger partial charge in [0.2, 0.25) is 0 Å². The lowest BCUT2D eigenvalue weighted by Crippen LogP contribution is -2.01. The van der Waals surface area contributed by atoms with E-state index in [9.17, 15) is 10.1 Å². The van der Waals surface area contributed by atoms with Gasteiger partial charge in [-0.15, -0.1) is 0 Å². The fraction of sp³-hybridized carbons (Fsp3) is 0.0769. The van der Waals surface area contributed by atoms with Crippen LogP contribution in [0.5, 0.6) is 0 Å². The van der Waals surface area contributed by atoms with Crippen molar-refractivity contribution in [2.75, 3.05) is 5.32 Å². The predicted octanol–water partition coefficient (Wildman–Crippen LogP) is 5.28. The summed E-state index contributed by atoms with van der Waals surface area (Å²) in [5, 5.41) is 14.9. The smallest absolute Gasteiger partial charge is 0.269 e. The monoisotopic (exact) mass is 374 g/mol. The lowest BCUT2D eigenvalue weighted by Gasteiger charge is -2.09. The Morgan fingerprint density at radius 3 is 2.55 bits per heavy atom. The second kappa shape index (κ2) is 6.43. The number of halogens is 3. The van der Waals surface area contributed by atoms with Crippen molar-refractivity contribution in [3.63, 3.8) is 0 Å². The number of nitrogens with one attached hydrogen (secondary N) is 1. The maximum Gasteiger partial charge on any atom is 0.269 e. The van der Waals surface area contributed by atoms with Crippen LogP contribution in [0.15, 0.2) is 40.9 Å². The van der Waals surface area contributed by atoms with Crippen LogP contribution in [-0.2, 0) is 6.54 Å². The van der Waals surface area contributed by atoms with Gasteiger partial charge in [-0.3, -0.25) is 10.1 Å². The molecule has 2 aromatic carbocycles. The molecule has 0 bridgehead atoms. The van der Waals surface area contributed by atoms with Crippen molar-refractivity contribution in [3.05, 3.63) is 66.6 Å². The summed E-state index contributed by atoms with van der Waals surface area (Å²) >= 11 is 15.3. The third kappa shape index (κ3) is 3.62. The molecule has 0 atom stereocenters. The highest BCUT2D eigenvalue weighted by atomic mass is 79.9. The highest BCUT2D eigenvalue weighted by Gasteiger charge is 2.09. The lowest BCUT2D eigenvalue weighted by atomic mass is 10.2. The fourth-order valence-corrected chi connectivity index (χ4v) is 2.23. The van der Waals surface area contributed by atoms with Crippen LogP contribution < -0.4 is 5.32 Å². The van der Waals surface area contributed by atoms with Crippen LogP contribution in [0.25, 0.3) is 0 Å². The topological polar surface area (TPSA) is 55.2 Å². The first-order valence-electron chi connectivity index (χ1n) is 5.59. The number of nitrogens with zero attached hydrogens (tertiary/aromatic N) is 1. The molecule has 0 aliphatic heterocycles. The molecule has 0 aliphatic carbocycles. The van der Waals surface area contributed by atoms with Crippen LogP contribution >= 0.6 is 39.1 Å². The first kappa shape index (κ1) is 15.1. The normalized spacial score (nSPS) is 10.3. The highest BCUT2D eigenvalue weighted by Crippen LogP contribution is 2.27. The molecule has 2 aromatic rings. The molecular formula is C13H9BrCl2N2O2. The number of rotatable bonds is 4. The predicted molar refractivity (Wildman–Crippen MR) is 84.6 cm³/mol. The molecule has 4 nitrogen and oxygen atoms in total. The first-order valence-corrected chi connectivity index (χ1v) is 7.14. The van der Waals surface area contributed by atoms with Crippen LogP contribution in [0.2, 0.25) is 10.0 Å². The molecule has 7 heteroatoms. The third-order valence-electron chi connectivity index (χ3n) is 2.64.